The van der Waals surface area contributed by atoms with E-state index in [1.807, 2.05) is 10.9 Å². The lowest BCUT2D eigenvalue weighted by Crippen LogP contribution is -2.59. The maximum atomic E-state index is 4.27. The summed E-state index contributed by atoms with van der Waals surface area (Å²) < 4.78 is 1.84. The van der Waals surface area contributed by atoms with Gasteiger partial charge in [-0.15, -0.1) is 5.10 Å². The molecule has 0 saturated carbocycles. The zero-order valence-corrected chi connectivity index (χ0v) is 20.4. The van der Waals surface area contributed by atoms with Crippen molar-refractivity contribution in [2.75, 3.05) is 23.4 Å². The van der Waals surface area contributed by atoms with E-state index in [0.717, 1.165) is 12.4 Å². The monoisotopic (exact) mass is 478 g/mol. The van der Waals surface area contributed by atoms with Crippen molar-refractivity contribution in [1.82, 2.24) is 19.9 Å². The molecule has 5 aromatic rings. The second kappa shape index (κ2) is 7.61. The van der Waals surface area contributed by atoms with E-state index in [9.17, 15) is 0 Å². The van der Waals surface area contributed by atoms with Crippen LogP contribution in [0.4, 0.5) is 17.1 Å². The lowest BCUT2D eigenvalue weighted by atomic mass is 9.43. The number of para-hydroxylation sites is 2. The topological polar surface area (TPSA) is 40.4 Å². The summed E-state index contributed by atoms with van der Waals surface area (Å²) >= 11 is 0. The normalized spacial score (nSPS) is 14.7. The Hall–Kier alpha value is -4.78. The van der Waals surface area contributed by atoms with Gasteiger partial charge < -0.3 is 14.6 Å². The van der Waals surface area contributed by atoms with Gasteiger partial charge in [-0.3, -0.25) is 0 Å². The van der Waals surface area contributed by atoms with E-state index in [1.54, 1.807) is 6.20 Å². The van der Waals surface area contributed by atoms with E-state index in [-0.39, 0.29) is 6.85 Å². The molecule has 4 heterocycles. The molecule has 0 amide bonds. The third-order valence-electron chi connectivity index (χ3n) is 7.72. The molecule has 176 valence electrons. The smallest absolute Gasteiger partial charge is 0.329 e. The minimum atomic E-state index is 0.0301. The molecule has 0 unspecified atom stereocenters. The van der Waals surface area contributed by atoms with Crippen molar-refractivity contribution in [2.24, 2.45) is 0 Å². The Kier molecular flexibility index (Phi) is 4.20. The zero-order valence-electron chi connectivity index (χ0n) is 20.4. The molecular formula is C30H23BN6. The van der Waals surface area contributed by atoms with Crippen LogP contribution in [0.15, 0.2) is 110 Å². The molecule has 37 heavy (non-hydrogen) atoms. The number of fused-ring (bicyclic) bond motifs is 11. The lowest BCUT2D eigenvalue weighted by Gasteiger charge is -2.43. The lowest BCUT2D eigenvalue weighted by molar-refractivity contribution is 0.496. The van der Waals surface area contributed by atoms with Gasteiger partial charge in [-0.2, -0.15) is 0 Å². The SMILES string of the molecule is CN1C=CN(c2ccc3c(c2)B2c4cc(-n5ccnn5)ccc4-c4ccccc4N2c2ccccc2-3)C1. The highest BCUT2D eigenvalue weighted by Gasteiger charge is 2.42. The van der Waals surface area contributed by atoms with Gasteiger partial charge in [-0.05, 0) is 58.5 Å². The second-order valence-electron chi connectivity index (χ2n) is 9.86. The van der Waals surface area contributed by atoms with E-state index in [2.05, 4.69) is 129 Å². The number of nitrogens with zero attached hydrogens (tertiary/aromatic N) is 6. The minimum absolute atomic E-state index is 0.0301. The maximum Gasteiger partial charge on any atom is 0.329 e. The van der Waals surface area contributed by atoms with E-state index in [0.29, 0.717) is 0 Å². The number of rotatable bonds is 2. The van der Waals surface area contributed by atoms with Crippen LogP contribution >= 0.6 is 0 Å². The summed E-state index contributed by atoms with van der Waals surface area (Å²) in [7, 11) is 2.10. The number of hydrogen-bond donors (Lipinski definition) is 0. The number of benzene rings is 4. The molecule has 7 heteroatoms. The number of anilines is 3. The van der Waals surface area contributed by atoms with Crippen molar-refractivity contribution in [3.05, 3.63) is 110 Å². The summed E-state index contributed by atoms with van der Waals surface area (Å²) in [6.45, 7) is 0.877. The molecule has 3 aliphatic heterocycles. The molecule has 1 aromatic heterocycles. The van der Waals surface area contributed by atoms with Crippen LogP contribution in [0.25, 0.3) is 27.9 Å². The first-order valence-electron chi connectivity index (χ1n) is 12.5. The molecule has 0 aliphatic carbocycles. The maximum absolute atomic E-state index is 4.27. The molecule has 4 aromatic carbocycles. The molecule has 0 spiro atoms. The fourth-order valence-electron chi connectivity index (χ4n) is 6.08. The van der Waals surface area contributed by atoms with Crippen LogP contribution in [-0.2, 0) is 0 Å². The van der Waals surface area contributed by atoms with E-state index < -0.39 is 0 Å². The van der Waals surface area contributed by atoms with Crippen LogP contribution in [0.1, 0.15) is 0 Å². The quantitative estimate of drug-likeness (QED) is 0.353. The number of hydrogen-bond acceptors (Lipinski definition) is 5. The molecule has 3 aliphatic rings. The van der Waals surface area contributed by atoms with Crippen molar-refractivity contribution in [2.45, 2.75) is 0 Å². The summed E-state index contributed by atoms with van der Waals surface area (Å²) in [5.74, 6) is 0. The molecule has 0 N–H and O–H groups in total. The Labute approximate surface area is 215 Å². The summed E-state index contributed by atoms with van der Waals surface area (Å²) in [6, 6.07) is 31.1. The average Bonchev–Trinajstić information content (AvgIpc) is 3.65. The molecule has 8 rings (SSSR count). The van der Waals surface area contributed by atoms with Crippen LogP contribution in [-0.4, -0.2) is 40.5 Å². The zero-order chi connectivity index (χ0) is 24.5. The van der Waals surface area contributed by atoms with Crippen LogP contribution in [0, 0.1) is 0 Å². The van der Waals surface area contributed by atoms with Crippen molar-refractivity contribution >= 4 is 34.8 Å². The van der Waals surface area contributed by atoms with Crippen LogP contribution in [0.2, 0.25) is 0 Å². The van der Waals surface area contributed by atoms with Crippen molar-refractivity contribution < 1.29 is 0 Å². The summed E-state index contributed by atoms with van der Waals surface area (Å²) in [5.41, 5.74) is 12.3. The first kappa shape index (κ1) is 20.4. The third-order valence-corrected chi connectivity index (χ3v) is 7.72. The Bertz CT molecular complexity index is 1710. The van der Waals surface area contributed by atoms with E-state index in [1.165, 1.54) is 50.2 Å². The first-order chi connectivity index (χ1) is 18.3. The van der Waals surface area contributed by atoms with Crippen molar-refractivity contribution in [3.8, 4) is 27.9 Å². The van der Waals surface area contributed by atoms with Gasteiger partial charge in [-0.1, -0.05) is 53.7 Å². The van der Waals surface area contributed by atoms with Gasteiger partial charge in [0.15, 0.2) is 0 Å². The minimum Gasteiger partial charge on any atom is -0.376 e. The van der Waals surface area contributed by atoms with Gasteiger partial charge in [0.25, 0.3) is 0 Å². The van der Waals surface area contributed by atoms with Crippen LogP contribution in [0.5, 0.6) is 0 Å². The van der Waals surface area contributed by atoms with E-state index >= 15 is 0 Å². The average molecular weight is 478 g/mol. The predicted molar refractivity (Wildman–Crippen MR) is 150 cm³/mol. The van der Waals surface area contributed by atoms with Gasteiger partial charge in [0.2, 0.25) is 0 Å². The molecule has 0 bridgehead atoms. The Morgan fingerprint density at radius 1 is 0.703 bits per heavy atom. The molecule has 0 atom stereocenters. The van der Waals surface area contributed by atoms with Crippen LogP contribution in [0.3, 0.4) is 0 Å². The standard InChI is InChI=1S/C30H23BN6/c1-34-16-17-35(20-34)21-10-12-23-25-6-2-4-8-29(25)37-30-9-5-3-7-26(30)24-13-11-22(36-15-14-32-33-36)19-28(24)31(37)27(23)18-21/h2-19H,20H2,1H3. The van der Waals surface area contributed by atoms with Gasteiger partial charge >= 0.3 is 6.85 Å². The molecule has 0 saturated heterocycles. The first-order valence-corrected chi connectivity index (χ1v) is 12.5. The summed E-state index contributed by atoms with van der Waals surface area (Å²) in [4.78, 5) is 7.02. The highest BCUT2D eigenvalue weighted by Crippen LogP contribution is 2.46. The Morgan fingerprint density at radius 2 is 1.35 bits per heavy atom. The van der Waals surface area contributed by atoms with Gasteiger partial charge in [0, 0.05) is 47.6 Å². The summed E-state index contributed by atoms with van der Waals surface area (Å²) in [5, 5.41) is 8.31. The highest BCUT2D eigenvalue weighted by atomic mass is 15.4. The highest BCUT2D eigenvalue weighted by molar-refractivity contribution is 6.92. The molecular weight excluding hydrogens is 455 g/mol. The molecule has 6 nitrogen and oxygen atoms in total. The van der Waals surface area contributed by atoms with Gasteiger partial charge in [-0.25, -0.2) is 4.68 Å². The van der Waals surface area contributed by atoms with Crippen molar-refractivity contribution in [3.63, 3.8) is 0 Å². The second-order valence-corrected chi connectivity index (χ2v) is 9.86. The largest absolute Gasteiger partial charge is 0.376 e. The molecule has 0 radical (unpaired) electrons. The Morgan fingerprint density at radius 3 is 1.97 bits per heavy atom. The van der Waals surface area contributed by atoms with Crippen molar-refractivity contribution in [1.29, 1.82) is 0 Å². The fraction of sp³-hybridized carbons (Fsp3) is 0.0667. The van der Waals surface area contributed by atoms with Gasteiger partial charge in [0.05, 0.1) is 24.7 Å². The predicted octanol–water partition coefficient (Wildman–Crippen LogP) is 4.35. The fourth-order valence-corrected chi connectivity index (χ4v) is 6.08. The van der Waals surface area contributed by atoms with E-state index in [4.69, 9.17) is 0 Å². The van der Waals surface area contributed by atoms with Gasteiger partial charge in [0.1, 0.15) is 0 Å². The van der Waals surface area contributed by atoms with Crippen LogP contribution < -0.4 is 20.6 Å². The number of aromatic nitrogens is 3. The molecule has 0 fully saturated rings. The third kappa shape index (κ3) is 2.94. The Balaban J connectivity index is 1.42. The summed E-state index contributed by atoms with van der Waals surface area (Å²) in [6.07, 6.45) is 7.90.